The molecule has 0 fully saturated rings. The van der Waals surface area contributed by atoms with Crippen LogP contribution < -0.4 is 5.56 Å². The van der Waals surface area contributed by atoms with Crippen LogP contribution in [0, 0.1) is 0 Å². The highest BCUT2D eigenvalue weighted by Gasteiger charge is 2.28. The number of ketones is 1. The molecule has 0 saturated carbocycles. The zero-order chi connectivity index (χ0) is 24.5. The van der Waals surface area contributed by atoms with Crippen LogP contribution in [-0.2, 0) is 0 Å². The molecule has 0 spiro atoms. The first kappa shape index (κ1) is 22.7. The van der Waals surface area contributed by atoms with Gasteiger partial charge in [0.05, 0.1) is 11.4 Å². The predicted molar refractivity (Wildman–Crippen MR) is 138 cm³/mol. The van der Waals surface area contributed by atoms with Crippen molar-refractivity contribution in [2.45, 2.75) is 0 Å². The van der Waals surface area contributed by atoms with E-state index in [4.69, 9.17) is 23.2 Å². The first-order valence-electron chi connectivity index (χ1n) is 10.7. The van der Waals surface area contributed by atoms with Crippen LogP contribution in [0.25, 0.3) is 22.5 Å². The second-order valence-electron chi connectivity index (χ2n) is 7.85. The van der Waals surface area contributed by atoms with Crippen LogP contribution in [0.15, 0.2) is 108 Å². The van der Waals surface area contributed by atoms with Crippen LogP contribution in [0.2, 0.25) is 10.0 Å². The second-order valence-corrected chi connectivity index (χ2v) is 8.73. The average molecular weight is 501 g/mol. The number of hydrogen-bond donors (Lipinski definition) is 1. The van der Waals surface area contributed by atoms with Crippen molar-refractivity contribution in [3.05, 3.63) is 135 Å². The molecule has 1 aromatic heterocycles. The first-order valence-corrected chi connectivity index (χ1v) is 11.5. The Hall–Kier alpha value is -4.06. The number of rotatable bonds is 5. The molecule has 172 valence electrons. The molecule has 0 aliphatic rings. The largest absolute Gasteiger partial charge is 0.493 e. The zero-order valence-electron chi connectivity index (χ0n) is 18.2. The zero-order valence-corrected chi connectivity index (χ0v) is 19.7. The van der Waals surface area contributed by atoms with Gasteiger partial charge in [0.25, 0.3) is 5.56 Å². The summed E-state index contributed by atoms with van der Waals surface area (Å²) in [4.78, 5) is 27.0. The molecule has 5 rings (SSSR count). The summed E-state index contributed by atoms with van der Waals surface area (Å²) in [6.45, 7) is 0. The summed E-state index contributed by atoms with van der Waals surface area (Å²) in [5, 5.41) is 12.1. The fourth-order valence-corrected chi connectivity index (χ4v) is 4.17. The number of halogens is 2. The van der Waals surface area contributed by atoms with E-state index in [9.17, 15) is 14.7 Å². The smallest absolute Gasteiger partial charge is 0.287 e. The quantitative estimate of drug-likeness (QED) is 0.278. The fourth-order valence-electron chi connectivity index (χ4n) is 3.92. The van der Waals surface area contributed by atoms with Gasteiger partial charge in [0.15, 0.2) is 5.56 Å². The van der Waals surface area contributed by atoms with Gasteiger partial charge in [-0.2, -0.15) is 0 Å². The summed E-state index contributed by atoms with van der Waals surface area (Å²) in [6, 6.07) is 29.8. The molecule has 0 atom stereocenters. The van der Waals surface area contributed by atoms with Gasteiger partial charge >= 0.3 is 0 Å². The van der Waals surface area contributed by atoms with E-state index in [0.717, 1.165) is 11.1 Å². The minimum Gasteiger partial charge on any atom is -0.493 e. The number of aromatic nitrogens is 2. The summed E-state index contributed by atoms with van der Waals surface area (Å²) in [5.74, 6) is -1.05. The maximum atomic E-state index is 13.5. The lowest BCUT2D eigenvalue weighted by Crippen LogP contribution is -2.23. The van der Waals surface area contributed by atoms with Gasteiger partial charge in [-0.25, -0.2) is 9.36 Å². The van der Waals surface area contributed by atoms with Crippen molar-refractivity contribution in [3.8, 4) is 28.4 Å². The van der Waals surface area contributed by atoms with E-state index in [1.54, 1.807) is 60.7 Å². The molecular weight excluding hydrogens is 483 g/mol. The topological polar surface area (TPSA) is 64.2 Å². The minimum absolute atomic E-state index is 0.286. The average Bonchev–Trinajstić information content (AvgIpc) is 3.15. The van der Waals surface area contributed by atoms with Crippen molar-refractivity contribution in [2.24, 2.45) is 0 Å². The van der Waals surface area contributed by atoms with E-state index >= 15 is 0 Å². The maximum Gasteiger partial charge on any atom is 0.287 e. The number of nitrogens with zero attached hydrogens (tertiary/aromatic N) is 2. The van der Waals surface area contributed by atoms with Crippen molar-refractivity contribution in [2.75, 3.05) is 0 Å². The molecule has 5 nitrogen and oxygen atoms in total. The fraction of sp³-hybridized carbons (Fsp3) is 0. The highest BCUT2D eigenvalue weighted by Crippen LogP contribution is 2.27. The SMILES string of the molecule is O=C(c1ccc(-c2ccccc2)cc1)c1c(O)n(-c2ccc(Cl)cc2)n(-c2ccc(Cl)cc2)c1=O. The van der Waals surface area contributed by atoms with Crippen molar-refractivity contribution in [1.29, 1.82) is 0 Å². The highest BCUT2D eigenvalue weighted by atomic mass is 35.5. The monoisotopic (exact) mass is 500 g/mol. The Labute approximate surface area is 211 Å². The van der Waals surface area contributed by atoms with Crippen LogP contribution in [0.4, 0.5) is 0 Å². The van der Waals surface area contributed by atoms with Crippen LogP contribution in [0.1, 0.15) is 15.9 Å². The second kappa shape index (κ2) is 9.29. The van der Waals surface area contributed by atoms with Crippen LogP contribution in [0.3, 0.4) is 0 Å². The molecule has 0 saturated heterocycles. The third kappa shape index (κ3) is 4.28. The summed E-state index contributed by atoms with van der Waals surface area (Å²) in [5.41, 5.74) is 2.13. The molecule has 4 aromatic carbocycles. The van der Waals surface area contributed by atoms with E-state index in [2.05, 4.69) is 0 Å². The van der Waals surface area contributed by atoms with Crippen LogP contribution >= 0.6 is 23.2 Å². The van der Waals surface area contributed by atoms with Crippen molar-refractivity contribution >= 4 is 29.0 Å². The summed E-state index contributed by atoms with van der Waals surface area (Å²) >= 11 is 12.1. The van der Waals surface area contributed by atoms with Crippen molar-refractivity contribution in [1.82, 2.24) is 9.36 Å². The molecule has 0 bridgehead atoms. The van der Waals surface area contributed by atoms with E-state index in [1.807, 2.05) is 42.5 Å². The van der Waals surface area contributed by atoms with Crippen LogP contribution in [-0.4, -0.2) is 20.3 Å². The Balaban J connectivity index is 1.64. The molecule has 0 amide bonds. The van der Waals surface area contributed by atoms with Crippen molar-refractivity contribution < 1.29 is 9.90 Å². The standard InChI is InChI=1S/C28H18Cl2N2O3/c29-21-10-14-23(15-11-21)31-27(34)25(28(35)32(31)24-16-12-22(30)13-17-24)26(33)20-8-6-19(7-9-20)18-4-2-1-3-5-18/h1-17,34H. The van der Waals surface area contributed by atoms with E-state index < -0.39 is 17.2 Å². The minimum atomic E-state index is -0.656. The summed E-state index contributed by atoms with van der Waals surface area (Å²) < 4.78 is 2.52. The number of carbonyl (C=O) groups excluding carboxylic acids is 1. The maximum absolute atomic E-state index is 13.5. The van der Waals surface area contributed by atoms with Gasteiger partial charge in [-0.05, 0) is 59.7 Å². The lowest BCUT2D eigenvalue weighted by Gasteiger charge is -2.12. The molecule has 1 N–H and O–H groups in total. The molecule has 1 heterocycles. The first-order chi connectivity index (χ1) is 16.9. The molecule has 0 aliphatic heterocycles. The van der Waals surface area contributed by atoms with Gasteiger partial charge in [0, 0.05) is 15.6 Å². The molecule has 7 heteroatoms. The Morgan fingerprint density at radius 3 is 1.66 bits per heavy atom. The van der Waals surface area contributed by atoms with Gasteiger partial charge in [-0.1, -0.05) is 77.8 Å². The molecule has 0 unspecified atom stereocenters. The van der Waals surface area contributed by atoms with E-state index in [-0.39, 0.29) is 11.1 Å². The van der Waals surface area contributed by atoms with Crippen LogP contribution in [0.5, 0.6) is 5.88 Å². The van der Waals surface area contributed by atoms with Crippen molar-refractivity contribution in [3.63, 3.8) is 0 Å². The van der Waals surface area contributed by atoms with Gasteiger partial charge in [0.2, 0.25) is 11.7 Å². The van der Waals surface area contributed by atoms with E-state index in [1.165, 1.54) is 9.36 Å². The number of benzene rings is 4. The van der Waals surface area contributed by atoms with E-state index in [0.29, 0.717) is 21.4 Å². The molecular formula is C28H18Cl2N2O3. The number of aromatic hydroxyl groups is 1. The summed E-state index contributed by atoms with van der Waals surface area (Å²) in [6.07, 6.45) is 0. The normalized spacial score (nSPS) is 10.9. The molecule has 0 radical (unpaired) electrons. The molecule has 35 heavy (non-hydrogen) atoms. The van der Waals surface area contributed by atoms with Gasteiger partial charge in [-0.15, -0.1) is 0 Å². The lowest BCUT2D eigenvalue weighted by molar-refractivity contribution is 0.103. The Kier molecular flexibility index (Phi) is 6.03. The Bertz CT molecular complexity index is 1570. The summed E-state index contributed by atoms with van der Waals surface area (Å²) in [7, 11) is 0. The molecule has 0 aliphatic carbocycles. The Morgan fingerprint density at radius 1 is 0.629 bits per heavy atom. The number of hydrogen-bond acceptors (Lipinski definition) is 3. The third-order valence-electron chi connectivity index (χ3n) is 5.65. The lowest BCUT2D eigenvalue weighted by atomic mass is 10.0. The predicted octanol–water partition coefficient (Wildman–Crippen LogP) is 6.54. The number of carbonyl (C=O) groups is 1. The molecule has 5 aromatic rings. The van der Waals surface area contributed by atoms with Gasteiger partial charge < -0.3 is 5.11 Å². The third-order valence-corrected chi connectivity index (χ3v) is 6.16. The highest BCUT2D eigenvalue weighted by molar-refractivity contribution is 6.30. The van der Waals surface area contributed by atoms with Gasteiger partial charge in [-0.3, -0.25) is 9.59 Å². The van der Waals surface area contributed by atoms with Gasteiger partial charge in [0.1, 0.15) is 0 Å². The Morgan fingerprint density at radius 2 is 1.11 bits per heavy atom.